The van der Waals surface area contributed by atoms with E-state index < -0.39 is 0 Å². The van der Waals surface area contributed by atoms with Crippen molar-refractivity contribution in [2.75, 3.05) is 6.54 Å². The lowest BCUT2D eigenvalue weighted by Crippen LogP contribution is -2.33. The largest absolute Gasteiger partial charge is 0.332 e. The lowest BCUT2D eigenvalue weighted by molar-refractivity contribution is -0.128. The number of hydrogen-bond donors (Lipinski definition) is 0. The van der Waals surface area contributed by atoms with Crippen molar-refractivity contribution in [1.29, 1.82) is 0 Å². The average Bonchev–Trinajstić information content (AvgIpc) is 2.40. The Hall–Kier alpha value is -1.90. The van der Waals surface area contributed by atoms with Crippen molar-refractivity contribution in [3.05, 3.63) is 48.0 Å². The summed E-state index contributed by atoms with van der Waals surface area (Å²) < 4.78 is 0. The fourth-order valence-corrected chi connectivity index (χ4v) is 1.84. The van der Waals surface area contributed by atoms with Crippen molar-refractivity contribution < 1.29 is 9.59 Å². The van der Waals surface area contributed by atoms with Crippen LogP contribution in [0, 0.1) is 0 Å². The van der Waals surface area contributed by atoms with Gasteiger partial charge in [-0.1, -0.05) is 36.4 Å². The number of allylic oxidation sites excluding steroid dienone is 1. The Morgan fingerprint density at radius 2 is 2.00 bits per heavy atom. The van der Waals surface area contributed by atoms with Crippen LogP contribution in [0.25, 0.3) is 0 Å². The number of rotatable bonds is 6. The van der Waals surface area contributed by atoms with E-state index in [1.165, 1.54) is 6.08 Å². The SMILES string of the molecule is C/C=C/C(=O)N(CCC=O)[C@@H](C)c1ccccc1. The second kappa shape index (κ2) is 7.43. The highest BCUT2D eigenvalue weighted by Crippen LogP contribution is 2.20. The number of nitrogens with zero attached hydrogens (tertiary/aromatic N) is 1. The van der Waals surface area contributed by atoms with Crippen LogP contribution in [0.2, 0.25) is 0 Å². The van der Waals surface area contributed by atoms with E-state index in [1.54, 1.807) is 11.0 Å². The van der Waals surface area contributed by atoms with Gasteiger partial charge < -0.3 is 9.69 Å². The van der Waals surface area contributed by atoms with E-state index in [9.17, 15) is 9.59 Å². The first kappa shape index (κ1) is 14.2. The third kappa shape index (κ3) is 3.84. The number of amides is 1. The monoisotopic (exact) mass is 245 g/mol. The Labute approximate surface area is 108 Å². The molecule has 0 fully saturated rings. The van der Waals surface area contributed by atoms with Crippen LogP contribution >= 0.6 is 0 Å². The van der Waals surface area contributed by atoms with E-state index in [0.29, 0.717) is 13.0 Å². The molecule has 0 aromatic heterocycles. The van der Waals surface area contributed by atoms with Crippen molar-refractivity contribution in [2.45, 2.75) is 26.3 Å². The fraction of sp³-hybridized carbons (Fsp3) is 0.333. The molecule has 3 heteroatoms. The molecule has 0 unspecified atom stereocenters. The standard InChI is InChI=1S/C15H19NO2/c1-3-8-15(18)16(11-7-12-17)13(2)14-9-5-4-6-10-14/h3-6,8-10,12-13H,7,11H2,1-2H3/b8-3+/t13-/m0/s1. The Morgan fingerprint density at radius 3 is 2.56 bits per heavy atom. The summed E-state index contributed by atoms with van der Waals surface area (Å²) in [5, 5.41) is 0. The van der Waals surface area contributed by atoms with Gasteiger partial charge in [0.1, 0.15) is 6.29 Å². The van der Waals surface area contributed by atoms with Gasteiger partial charge in [-0.25, -0.2) is 0 Å². The van der Waals surface area contributed by atoms with Crippen LogP contribution in [0.5, 0.6) is 0 Å². The van der Waals surface area contributed by atoms with Gasteiger partial charge in [-0.15, -0.1) is 0 Å². The van der Waals surface area contributed by atoms with Gasteiger partial charge in [0, 0.05) is 13.0 Å². The number of hydrogen-bond acceptors (Lipinski definition) is 2. The van der Waals surface area contributed by atoms with Crippen LogP contribution in [-0.2, 0) is 9.59 Å². The third-order valence-electron chi connectivity index (χ3n) is 2.83. The number of aldehydes is 1. The van der Waals surface area contributed by atoms with Crippen LogP contribution in [0.3, 0.4) is 0 Å². The zero-order valence-electron chi connectivity index (χ0n) is 10.9. The number of benzene rings is 1. The summed E-state index contributed by atoms with van der Waals surface area (Å²) in [7, 11) is 0. The Bertz CT molecular complexity index is 412. The summed E-state index contributed by atoms with van der Waals surface area (Å²) in [6.07, 6.45) is 4.45. The maximum Gasteiger partial charge on any atom is 0.246 e. The third-order valence-corrected chi connectivity index (χ3v) is 2.83. The summed E-state index contributed by atoms with van der Waals surface area (Å²) in [6, 6.07) is 9.78. The van der Waals surface area contributed by atoms with E-state index in [1.807, 2.05) is 44.2 Å². The van der Waals surface area contributed by atoms with Crippen molar-refractivity contribution in [3.63, 3.8) is 0 Å². The first-order valence-electron chi connectivity index (χ1n) is 6.12. The highest BCUT2D eigenvalue weighted by Gasteiger charge is 2.18. The second-order valence-corrected chi connectivity index (χ2v) is 4.07. The van der Waals surface area contributed by atoms with Gasteiger partial charge in [-0.3, -0.25) is 4.79 Å². The highest BCUT2D eigenvalue weighted by atomic mass is 16.2. The fourth-order valence-electron chi connectivity index (χ4n) is 1.84. The van der Waals surface area contributed by atoms with Crippen molar-refractivity contribution >= 4 is 12.2 Å². The van der Waals surface area contributed by atoms with Crippen molar-refractivity contribution in [3.8, 4) is 0 Å². The summed E-state index contributed by atoms with van der Waals surface area (Å²) in [4.78, 5) is 24.2. The molecule has 0 saturated carbocycles. The molecule has 18 heavy (non-hydrogen) atoms. The van der Waals surface area contributed by atoms with Crippen molar-refractivity contribution in [2.24, 2.45) is 0 Å². The lowest BCUT2D eigenvalue weighted by Gasteiger charge is -2.28. The number of carbonyl (C=O) groups excluding carboxylic acids is 2. The molecule has 0 spiro atoms. The van der Waals surface area contributed by atoms with E-state index in [2.05, 4.69) is 0 Å². The molecule has 0 aliphatic carbocycles. The topological polar surface area (TPSA) is 37.4 Å². The first-order chi connectivity index (χ1) is 8.70. The second-order valence-electron chi connectivity index (χ2n) is 4.07. The van der Waals surface area contributed by atoms with E-state index in [-0.39, 0.29) is 11.9 Å². The van der Waals surface area contributed by atoms with Gasteiger partial charge in [0.05, 0.1) is 6.04 Å². The molecular formula is C15H19NO2. The first-order valence-corrected chi connectivity index (χ1v) is 6.12. The van der Waals surface area contributed by atoms with Gasteiger partial charge in [-0.2, -0.15) is 0 Å². The van der Waals surface area contributed by atoms with E-state index >= 15 is 0 Å². The maximum atomic E-state index is 12.0. The van der Waals surface area contributed by atoms with Crippen molar-refractivity contribution in [1.82, 2.24) is 4.90 Å². The van der Waals surface area contributed by atoms with Gasteiger partial charge in [0.25, 0.3) is 0 Å². The Kier molecular flexibility index (Phi) is 5.85. The zero-order chi connectivity index (χ0) is 13.4. The van der Waals surface area contributed by atoms with Crippen LogP contribution in [-0.4, -0.2) is 23.6 Å². The molecule has 1 aromatic carbocycles. The van der Waals surface area contributed by atoms with Gasteiger partial charge >= 0.3 is 0 Å². The van der Waals surface area contributed by atoms with E-state index in [0.717, 1.165) is 11.8 Å². The molecule has 1 rings (SSSR count). The van der Waals surface area contributed by atoms with Crippen LogP contribution in [0.15, 0.2) is 42.5 Å². The minimum Gasteiger partial charge on any atom is -0.332 e. The minimum absolute atomic E-state index is 0.0325. The Balaban J connectivity index is 2.88. The highest BCUT2D eigenvalue weighted by molar-refractivity contribution is 5.88. The van der Waals surface area contributed by atoms with Gasteiger partial charge in [0.15, 0.2) is 0 Å². The summed E-state index contributed by atoms with van der Waals surface area (Å²) >= 11 is 0. The Morgan fingerprint density at radius 1 is 1.33 bits per heavy atom. The molecule has 3 nitrogen and oxygen atoms in total. The molecule has 0 bridgehead atoms. The van der Waals surface area contributed by atoms with Crippen LogP contribution in [0.1, 0.15) is 31.9 Å². The average molecular weight is 245 g/mol. The summed E-state index contributed by atoms with van der Waals surface area (Å²) in [5.74, 6) is -0.0595. The lowest BCUT2D eigenvalue weighted by atomic mass is 10.1. The predicted molar refractivity (Wildman–Crippen MR) is 72.1 cm³/mol. The molecule has 0 radical (unpaired) electrons. The molecule has 0 heterocycles. The quantitative estimate of drug-likeness (QED) is 0.571. The molecule has 0 aliphatic heterocycles. The summed E-state index contributed by atoms with van der Waals surface area (Å²) in [6.45, 7) is 4.23. The molecule has 0 N–H and O–H groups in total. The molecule has 0 saturated heterocycles. The van der Waals surface area contributed by atoms with Gasteiger partial charge in [0.2, 0.25) is 5.91 Å². The molecule has 0 aliphatic rings. The molecule has 1 amide bonds. The zero-order valence-corrected chi connectivity index (χ0v) is 10.9. The number of carbonyl (C=O) groups is 2. The van der Waals surface area contributed by atoms with E-state index in [4.69, 9.17) is 0 Å². The molecule has 1 atom stereocenters. The minimum atomic E-state index is -0.0595. The summed E-state index contributed by atoms with van der Waals surface area (Å²) in [5.41, 5.74) is 1.07. The molecular weight excluding hydrogens is 226 g/mol. The van der Waals surface area contributed by atoms with Crippen LogP contribution in [0.4, 0.5) is 0 Å². The van der Waals surface area contributed by atoms with Gasteiger partial charge in [-0.05, 0) is 25.5 Å². The maximum absolute atomic E-state index is 12.0. The van der Waals surface area contributed by atoms with Crippen LogP contribution < -0.4 is 0 Å². The predicted octanol–water partition coefficient (Wildman–Crippen LogP) is 2.74. The molecule has 1 aromatic rings. The molecule has 96 valence electrons. The normalized spacial score (nSPS) is 12.3. The smallest absolute Gasteiger partial charge is 0.246 e.